The number of epoxide rings is 1. The molecule has 1 aromatic rings. The van der Waals surface area contributed by atoms with Gasteiger partial charge < -0.3 is 26.4 Å². The van der Waals surface area contributed by atoms with Crippen LogP contribution in [0.5, 0.6) is 0 Å². The zero-order valence-electron chi connectivity index (χ0n) is 21.4. The smallest absolute Gasteiger partial charge is 0.243 e. The molecule has 3 amide bonds. The summed E-state index contributed by atoms with van der Waals surface area (Å²) in [6.45, 7) is 9.63. The molecule has 0 bridgehead atoms. The van der Waals surface area contributed by atoms with E-state index >= 15 is 0 Å². The van der Waals surface area contributed by atoms with E-state index in [0.29, 0.717) is 19.4 Å². The van der Waals surface area contributed by atoms with Crippen molar-refractivity contribution in [1.82, 2.24) is 16.0 Å². The van der Waals surface area contributed by atoms with Gasteiger partial charge in [0.1, 0.15) is 17.7 Å². The van der Waals surface area contributed by atoms with Crippen molar-refractivity contribution in [2.75, 3.05) is 13.2 Å². The van der Waals surface area contributed by atoms with Crippen molar-refractivity contribution in [3.8, 4) is 0 Å². The molecule has 1 aliphatic heterocycles. The summed E-state index contributed by atoms with van der Waals surface area (Å²) in [5.41, 5.74) is 5.39. The summed E-state index contributed by atoms with van der Waals surface area (Å²) >= 11 is 0. The maximum absolute atomic E-state index is 13.4. The van der Waals surface area contributed by atoms with Crippen molar-refractivity contribution < 1.29 is 23.9 Å². The average molecular weight is 489 g/mol. The minimum atomic E-state index is -0.940. The molecule has 1 heterocycles. The second-order valence-electron chi connectivity index (χ2n) is 10.3. The van der Waals surface area contributed by atoms with Crippen LogP contribution in [0.2, 0.25) is 0 Å². The Labute approximate surface area is 207 Å². The number of Topliss-reactive ketones (excluding diaryl/α,β-unsaturated/α-hetero) is 1. The second kappa shape index (κ2) is 12.8. The molecular formula is C26H40N4O5. The SMILES string of the molecule is CC(C)CC(NC(=O)CN)C(=O)N[C@@H](Cc1ccccc1)C(=O)NC(CC(C)C)C(=O)C1(C)CO1. The first-order valence-corrected chi connectivity index (χ1v) is 12.3. The first kappa shape index (κ1) is 28.5. The molecular weight excluding hydrogens is 448 g/mol. The number of nitrogens with one attached hydrogen (secondary N) is 3. The molecule has 0 spiro atoms. The molecule has 9 heteroatoms. The van der Waals surface area contributed by atoms with Gasteiger partial charge in [-0.2, -0.15) is 0 Å². The number of benzene rings is 1. The summed E-state index contributed by atoms with van der Waals surface area (Å²) in [5.74, 6) is -1.26. The van der Waals surface area contributed by atoms with E-state index in [0.717, 1.165) is 5.56 Å². The molecule has 3 unspecified atom stereocenters. The fraction of sp³-hybridized carbons (Fsp3) is 0.615. The van der Waals surface area contributed by atoms with E-state index in [4.69, 9.17) is 10.5 Å². The van der Waals surface area contributed by atoms with E-state index in [-0.39, 0.29) is 30.6 Å². The minimum absolute atomic E-state index is 0.123. The molecule has 1 aromatic carbocycles. The molecule has 4 atom stereocenters. The topological polar surface area (TPSA) is 143 Å². The van der Waals surface area contributed by atoms with Gasteiger partial charge >= 0.3 is 0 Å². The number of carbonyl (C=O) groups excluding carboxylic acids is 4. The molecule has 0 aromatic heterocycles. The van der Waals surface area contributed by atoms with E-state index in [1.807, 2.05) is 58.0 Å². The normalized spacial score (nSPS) is 19.5. The van der Waals surface area contributed by atoms with Crippen LogP contribution < -0.4 is 21.7 Å². The van der Waals surface area contributed by atoms with Crippen molar-refractivity contribution in [3.05, 3.63) is 35.9 Å². The lowest BCUT2D eigenvalue weighted by Crippen LogP contribution is -2.57. The predicted molar refractivity (Wildman–Crippen MR) is 133 cm³/mol. The minimum Gasteiger partial charge on any atom is -0.361 e. The van der Waals surface area contributed by atoms with Gasteiger partial charge in [0.2, 0.25) is 17.7 Å². The van der Waals surface area contributed by atoms with E-state index in [1.54, 1.807) is 6.92 Å². The van der Waals surface area contributed by atoms with Crippen LogP contribution in [0, 0.1) is 11.8 Å². The Hall–Kier alpha value is -2.78. The molecule has 1 fully saturated rings. The Morgan fingerprint density at radius 3 is 1.91 bits per heavy atom. The van der Waals surface area contributed by atoms with Crippen molar-refractivity contribution >= 4 is 23.5 Å². The van der Waals surface area contributed by atoms with Gasteiger partial charge in [0.05, 0.1) is 19.2 Å². The maximum Gasteiger partial charge on any atom is 0.243 e. The van der Waals surface area contributed by atoms with Gasteiger partial charge in [0.25, 0.3) is 0 Å². The Morgan fingerprint density at radius 2 is 1.40 bits per heavy atom. The van der Waals surface area contributed by atoms with Crippen LogP contribution >= 0.6 is 0 Å². The summed E-state index contributed by atoms with van der Waals surface area (Å²) < 4.78 is 5.32. The zero-order valence-corrected chi connectivity index (χ0v) is 21.4. The standard InChI is InChI=1S/C26H40N4O5/c1-16(2)11-19(23(32)26(5)15-35-26)29-25(34)21(13-18-9-7-6-8-10-18)30-24(33)20(12-17(3)4)28-22(31)14-27/h6-10,16-17,19-21H,11-15,27H2,1-5H3,(H,28,31)(H,29,34)(H,30,33)/t19?,20?,21-,26?/m0/s1. The van der Waals surface area contributed by atoms with Crippen LogP contribution in [0.15, 0.2) is 30.3 Å². The molecule has 194 valence electrons. The van der Waals surface area contributed by atoms with Gasteiger partial charge in [-0.05, 0) is 37.2 Å². The van der Waals surface area contributed by atoms with Gasteiger partial charge in [0, 0.05) is 6.42 Å². The largest absolute Gasteiger partial charge is 0.361 e. The van der Waals surface area contributed by atoms with Crippen LogP contribution in [-0.4, -0.2) is 60.4 Å². The van der Waals surface area contributed by atoms with Gasteiger partial charge in [-0.1, -0.05) is 58.0 Å². The molecule has 0 radical (unpaired) electrons. The molecule has 2 rings (SSSR count). The second-order valence-corrected chi connectivity index (χ2v) is 10.3. The Bertz CT molecular complexity index is 883. The Balaban J connectivity index is 2.24. The third-order valence-corrected chi connectivity index (χ3v) is 5.90. The number of hydrogen-bond donors (Lipinski definition) is 4. The fourth-order valence-electron chi connectivity index (χ4n) is 3.88. The third kappa shape index (κ3) is 9.07. The van der Waals surface area contributed by atoms with Crippen LogP contribution in [0.4, 0.5) is 0 Å². The highest BCUT2D eigenvalue weighted by Crippen LogP contribution is 2.29. The lowest BCUT2D eigenvalue weighted by atomic mass is 9.93. The summed E-state index contributed by atoms with van der Waals surface area (Å²) in [7, 11) is 0. The first-order chi connectivity index (χ1) is 16.4. The van der Waals surface area contributed by atoms with E-state index in [9.17, 15) is 19.2 Å². The molecule has 1 saturated heterocycles. The highest BCUT2D eigenvalue weighted by molar-refractivity contribution is 5.98. The van der Waals surface area contributed by atoms with E-state index < -0.39 is 41.4 Å². The molecule has 1 aliphatic rings. The summed E-state index contributed by atoms with van der Waals surface area (Å²) in [4.78, 5) is 51.5. The quantitative estimate of drug-likeness (QED) is 0.289. The number of hydrogen-bond acceptors (Lipinski definition) is 6. The Kier molecular flexibility index (Phi) is 10.4. The van der Waals surface area contributed by atoms with Gasteiger partial charge in [0.15, 0.2) is 5.78 Å². The van der Waals surface area contributed by atoms with Gasteiger partial charge in [-0.15, -0.1) is 0 Å². The molecule has 9 nitrogen and oxygen atoms in total. The number of rotatable bonds is 14. The highest BCUT2D eigenvalue weighted by atomic mass is 16.6. The van der Waals surface area contributed by atoms with Gasteiger partial charge in [-0.25, -0.2) is 0 Å². The van der Waals surface area contributed by atoms with Crippen LogP contribution in [0.25, 0.3) is 0 Å². The van der Waals surface area contributed by atoms with E-state index in [2.05, 4.69) is 16.0 Å². The van der Waals surface area contributed by atoms with Gasteiger partial charge in [-0.3, -0.25) is 19.2 Å². The number of carbonyl (C=O) groups is 4. The molecule has 5 N–H and O–H groups in total. The Morgan fingerprint density at radius 1 is 0.886 bits per heavy atom. The monoisotopic (exact) mass is 488 g/mol. The molecule has 0 aliphatic carbocycles. The number of nitrogens with two attached hydrogens (primary N) is 1. The van der Waals surface area contributed by atoms with E-state index in [1.165, 1.54) is 0 Å². The maximum atomic E-state index is 13.4. The number of amides is 3. The summed E-state index contributed by atoms with van der Waals surface area (Å²) in [6, 6.07) is 6.80. The van der Waals surface area contributed by atoms with Crippen LogP contribution in [0.1, 0.15) is 53.0 Å². The average Bonchev–Trinajstić information content (AvgIpc) is 3.55. The van der Waals surface area contributed by atoms with Crippen LogP contribution in [-0.2, 0) is 30.3 Å². The summed E-state index contributed by atoms with van der Waals surface area (Å²) in [6.07, 6.45) is 1.08. The van der Waals surface area contributed by atoms with Crippen molar-refractivity contribution in [3.63, 3.8) is 0 Å². The third-order valence-electron chi connectivity index (χ3n) is 5.90. The highest BCUT2D eigenvalue weighted by Gasteiger charge is 2.50. The molecule has 0 saturated carbocycles. The first-order valence-electron chi connectivity index (χ1n) is 12.3. The lowest BCUT2D eigenvalue weighted by molar-refractivity contribution is -0.134. The molecule has 35 heavy (non-hydrogen) atoms. The zero-order chi connectivity index (χ0) is 26.2. The predicted octanol–water partition coefficient (Wildman–Crippen LogP) is 1.09. The number of ketones is 1. The van der Waals surface area contributed by atoms with Crippen LogP contribution in [0.3, 0.4) is 0 Å². The van der Waals surface area contributed by atoms with Crippen molar-refractivity contribution in [1.29, 1.82) is 0 Å². The summed E-state index contributed by atoms with van der Waals surface area (Å²) in [5, 5.41) is 8.31. The number of ether oxygens (including phenoxy) is 1. The fourth-order valence-corrected chi connectivity index (χ4v) is 3.88. The van der Waals surface area contributed by atoms with Crippen molar-refractivity contribution in [2.24, 2.45) is 17.6 Å². The lowest BCUT2D eigenvalue weighted by Gasteiger charge is -2.27. The van der Waals surface area contributed by atoms with Crippen molar-refractivity contribution in [2.45, 2.75) is 77.6 Å².